The SMILES string of the molecule is C1=CCCC(c2ccc(-c3c4ccccc4c(-c4ccc5c(c4)sc4c6ccccc6c6c7ccccc7sc6c54)c4ccccc34)cc2)=C1. The highest BCUT2D eigenvalue weighted by atomic mass is 32.1. The van der Waals surface area contributed by atoms with E-state index >= 15 is 0 Å². The third kappa shape index (κ3) is 4.10. The molecular formula is C48H30S2. The second kappa shape index (κ2) is 11.0. The van der Waals surface area contributed by atoms with E-state index in [0.717, 1.165) is 12.8 Å². The molecule has 0 aliphatic heterocycles. The Kier molecular flexibility index (Phi) is 6.22. The molecule has 2 heteroatoms. The molecule has 0 bridgehead atoms. The average molecular weight is 671 g/mol. The van der Waals surface area contributed by atoms with Crippen LogP contribution in [0.15, 0.2) is 158 Å². The molecule has 10 aromatic rings. The van der Waals surface area contributed by atoms with Gasteiger partial charge in [-0.25, -0.2) is 0 Å². The average Bonchev–Trinajstić information content (AvgIpc) is 3.76. The van der Waals surface area contributed by atoms with Crippen molar-refractivity contribution < 1.29 is 0 Å². The minimum Gasteiger partial charge on any atom is -0.134 e. The van der Waals surface area contributed by atoms with Crippen molar-refractivity contribution >= 4 is 101 Å². The van der Waals surface area contributed by atoms with Crippen molar-refractivity contribution in [1.29, 1.82) is 0 Å². The highest BCUT2D eigenvalue weighted by molar-refractivity contribution is 7.30. The Balaban J connectivity index is 1.16. The molecule has 2 heterocycles. The predicted molar refractivity (Wildman–Crippen MR) is 222 cm³/mol. The van der Waals surface area contributed by atoms with E-state index in [-0.39, 0.29) is 0 Å². The van der Waals surface area contributed by atoms with Crippen molar-refractivity contribution in [2.24, 2.45) is 0 Å². The molecule has 0 spiro atoms. The van der Waals surface area contributed by atoms with Crippen molar-refractivity contribution in [3.63, 3.8) is 0 Å². The summed E-state index contributed by atoms with van der Waals surface area (Å²) in [4.78, 5) is 0. The van der Waals surface area contributed by atoms with Gasteiger partial charge >= 0.3 is 0 Å². The van der Waals surface area contributed by atoms with Crippen LogP contribution in [-0.4, -0.2) is 0 Å². The monoisotopic (exact) mass is 670 g/mol. The molecule has 11 rings (SSSR count). The summed E-state index contributed by atoms with van der Waals surface area (Å²) >= 11 is 3.89. The quantitative estimate of drug-likeness (QED) is 0.164. The second-order valence-electron chi connectivity index (χ2n) is 13.4. The smallest absolute Gasteiger partial charge is 0.0455 e. The van der Waals surface area contributed by atoms with Crippen LogP contribution in [0.3, 0.4) is 0 Å². The van der Waals surface area contributed by atoms with Crippen molar-refractivity contribution in [1.82, 2.24) is 0 Å². The summed E-state index contributed by atoms with van der Waals surface area (Å²) in [5.41, 5.74) is 7.89. The van der Waals surface area contributed by atoms with E-state index < -0.39 is 0 Å². The molecule has 0 amide bonds. The molecule has 0 fully saturated rings. The van der Waals surface area contributed by atoms with E-state index in [1.165, 1.54) is 106 Å². The highest BCUT2D eigenvalue weighted by Crippen LogP contribution is 2.50. The molecule has 8 aromatic carbocycles. The molecule has 1 aliphatic carbocycles. The van der Waals surface area contributed by atoms with Gasteiger partial charge in [0, 0.05) is 45.7 Å². The second-order valence-corrected chi connectivity index (χ2v) is 15.5. The lowest BCUT2D eigenvalue weighted by atomic mass is 9.85. The standard InChI is InChI=1S/C48H30S2/c1-2-12-29(13-3-1)30-22-24-31(25-23-30)43-33-14-4-6-16-35(33)44(36-17-7-5-15-34(36)43)32-26-27-40-42(28-32)50-47-38-19-9-8-18-37(38)45-39-20-10-11-21-41(39)49-48(45)46(40)47/h1-2,4-12,14-28H,3,13H2. The number of allylic oxidation sites excluding steroid dienone is 4. The maximum Gasteiger partial charge on any atom is 0.0455 e. The van der Waals surface area contributed by atoms with E-state index in [2.05, 4.69) is 158 Å². The van der Waals surface area contributed by atoms with Gasteiger partial charge in [0.25, 0.3) is 0 Å². The van der Waals surface area contributed by atoms with Crippen LogP contribution in [0.5, 0.6) is 0 Å². The van der Waals surface area contributed by atoms with Gasteiger partial charge in [0.15, 0.2) is 0 Å². The van der Waals surface area contributed by atoms with Crippen LogP contribution in [0.1, 0.15) is 18.4 Å². The zero-order valence-corrected chi connectivity index (χ0v) is 28.9. The highest BCUT2D eigenvalue weighted by Gasteiger charge is 2.21. The molecule has 0 atom stereocenters. The van der Waals surface area contributed by atoms with Gasteiger partial charge in [-0.15, -0.1) is 22.7 Å². The Hall–Kier alpha value is -5.54. The largest absolute Gasteiger partial charge is 0.134 e. The summed E-state index contributed by atoms with van der Waals surface area (Å²) in [5.74, 6) is 0. The fourth-order valence-corrected chi connectivity index (χ4v) is 11.1. The number of thiophene rings is 2. The van der Waals surface area contributed by atoms with Gasteiger partial charge in [0.2, 0.25) is 0 Å². The molecular weight excluding hydrogens is 641 g/mol. The molecule has 1 aliphatic rings. The zero-order chi connectivity index (χ0) is 32.8. The lowest BCUT2D eigenvalue weighted by Gasteiger charge is -2.18. The van der Waals surface area contributed by atoms with Crippen LogP contribution in [0.4, 0.5) is 0 Å². The van der Waals surface area contributed by atoms with E-state index in [1.807, 2.05) is 22.7 Å². The van der Waals surface area contributed by atoms with E-state index in [9.17, 15) is 0 Å². The molecule has 2 aromatic heterocycles. The van der Waals surface area contributed by atoms with Crippen molar-refractivity contribution in [3.8, 4) is 22.3 Å². The van der Waals surface area contributed by atoms with Gasteiger partial charge in [0.05, 0.1) is 0 Å². The summed E-state index contributed by atoms with van der Waals surface area (Å²) in [6, 6.07) is 52.4. The van der Waals surface area contributed by atoms with Crippen LogP contribution in [0.2, 0.25) is 0 Å². The summed E-state index contributed by atoms with van der Waals surface area (Å²) in [6.45, 7) is 0. The minimum absolute atomic E-state index is 1.10. The van der Waals surface area contributed by atoms with Gasteiger partial charge < -0.3 is 0 Å². The summed E-state index contributed by atoms with van der Waals surface area (Å²) < 4.78 is 5.49. The molecule has 234 valence electrons. The van der Waals surface area contributed by atoms with Gasteiger partial charge in [-0.2, -0.15) is 0 Å². The zero-order valence-electron chi connectivity index (χ0n) is 27.2. The fraction of sp³-hybridized carbons (Fsp3) is 0.0417. The molecule has 0 unspecified atom stereocenters. The summed E-state index contributed by atoms with van der Waals surface area (Å²) in [5, 5.41) is 13.4. The number of fused-ring (bicyclic) bond motifs is 12. The van der Waals surface area contributed by atoms with Crippen LogP contribution in [0, 0.1) is 0 Å². The van der Waals surface area contributed by atoms with E-state index in [4.69, 9.17) is 0 Å². The molecule has 0 saturated carbocycles. The van der Waals surface area contributed by atoms with Gasteiger partial charge in [-0.3, -0.25) is 0 Å². The third-order valence-electron chi connectivity index (χ3n) is 10.7. The Morgan fingerprint density at radius 3 is 1.62 bits per heavy atom. The first-order valence-corrected chi connectivity index (χ1v) is 19.0. The molecule has 0 N–H and O–H groups in total. The molecule has 0 nitrogen and oxygen atoms in total. The first-order valence-electron chi connectivity index (χ1n) is 17.4. The Labute approximate surface area is 297 Å². The topological polar surface area (TPSA) is 0 Å². The first kappa shape index (κ1) is 28.3. The molecule has 0 radical (unpaired) electrons. The number of hydrogen-bond acceptors (Lipinski definition) is 2. The van der Waals surface area contributed by atoms with Gasteiger partial charge in [-0.05, 0) is 85.3 Å². The maximum absolute atomic E-state index is 2.46. The maximum atomic E-state index is 2.46. The fourth-order valence-electron chi connectivity index (χ4n) is 8.50. The van der Waals surface area contributed by atoms with Crippen LogP contribution in [0.25, 0.3) is 100 Å². The van der Waals surface area contributed by atoms with Crippen LogP contribution >= 0.6 is 22.7 Å². The van der Waals surface area contributed by atoms with Crippen molar-refractivity contribution in [2.45, 2.75) is 12.8 Å². The lowest BCUT2D eigenvalue weighted by Crippen LogP contribution is -1.92. The van der Waals surface area contributed by atoms with Crippen molar-refractivity contribution in [2.75, 3.05) is 0 Å². The van der Waals surface area contributed by atoms with E-state index in [1.54, 1.807) is 0 Å². The number of benzene rings is 8. The van der Waals surface area contributed by atoms with Crippen LogP contribution in [-0.2, 0) is 0 Å². The Morgan fingerprint density at radius 1 is 0.400 bits per heavy atom. The van der Waals surface area contributed by atoms with Crippen molar-refractivity contribution in [3.05, 3.63) is 163 Å². The first-order chi connectivity index (χ1) is 24.8. The number of hydrogen-bond donors (Lipinski definition) is 0. The lowest BCUT2D eigenvalue weighted by molar-refractivity contribution is 1.05. The molecule has 0 saturated heterocycles. The minimum atomic E-state index is 1.10. The normalized spacial score (nSPS) is 13.5. The summed E-state index contributed by atoms with van der Waals surface area (Å²) in [6.07, 6.45) is 8.92. The Bertz CT molecular complexity index is 3020. The van der Waals surface area contributed by atoms with Crippen LogP contribution < -0.4 is 0 Å². The summed E-state index contributed by atoms with van der Waals surface area (Å²) in [7, 11) is 0. The molecule has 50 heavy (non-hydrogen) atoms. The van der Waals surface area contributed by atoms with E-state index in [0.29, 0.717) is 0 Å². The van der Waals surface area contributed by atoms with Gasteiger partial charge in [-0.1, -0.05) is 146 Å². The Morgan fingerprint density at radius 2 is 0.940 bits per heavy atom. The van der Waals surface area contributed by atoms with Gasteiger partial charge in [0.1, 0.15) is 0 Å². The predicted octanol–water partition coefficient (Wildman–Crippen LogP) is 14.9. The number of rotatable bonds is 3. The third-order valence-corrected chi connectivity index (χ3v) is 13.1.